The van der Waals surface area contributed by atoms with Crippen LogP contribution in [0, 0.1) is 0 Å². The number of hydrogen-bond donors (Lipinski definition) is 0. The van der Waals surface area contributed by atoms with Crippen LogP contribution in [-0.4, -0.2) is 23.1 Å². The standard InChI is InChI=1S/C19H20ClNOS/c20-18-8-4-3-7-17(18)14-23-12-10-19(22)21-11-9-15-5-1-2-6-16(15)13-21/h1-8H,9-14H2. The Morgan fingerprint density at radius 1 is 1.09 bits per heavy atom. The summed E-state index contributed by atoms with van der Waals surface area (Å²) in [5, 5.41) is 0.805. The Bertz CT molecular complexity index is 689. The fourth-order valence-corrected chi connectivity index (χ4v) is 4.04. The molecule has 1 amide bonds. The smallest absolute Gasteiger partial charge is 0.223 e. The molecule has 4 heteroatoms. The van der Waals surface area contributed by atoms with Crippen LogP contribution in [0.1, 0.15) is 23.1 Å². The van der Waals surface area contributed by atoms with Gasteiger partial charge >= 0.3 is 0 Å². The monoisotopic (exact) mass is 345 g/mol. The van der Waals surface area contributed by atoms with Crippen molar-refractivity contribution in [1.82, 2.24) is 4.90 Å². The summed E-state index contributed by atoms with van der Waals surface area (Å²) in [6, 6.07) is 16.3. The van der Waals surface area contributed by atoms with Gasteiger partial charge in [0, 0.05) is 36.0 Å². The number of halogens is 1. The maximum Gasteiger partial charge on any atom is 0.223 e. The largest absolute Gasteiger partial charge is 0.338 e. The Labute approximate surface area is 146 Å². The molecule has 0 radical (unpaired) electrons. The van der Waals surface area contributed by atoms with E-state index >= 15 is 0 Å². The van der Waals surface area contributed by atoms with Gasteiger partial charge in [0.2, 0.25) is 5.91 Å². The van der Waals surface area contributed by atoms with Gasteiger partial charge in [-0.25, -0.2) is 0 Å². The zero-order chi connectivity index (χ0) is 16.1. The molecule has 0 bridgehead atoms. The number of rotatable bonds is 5. The van der Waals surface area contributed by atoms with Crippen molar-refractivity contribution in [3.05, 3.63) is 70.2 Å². The topological polar surface area (TPSA) is 20.3 Å². The molecule has 0 spiro atoms. The highest BCUT2D eigenvalue weighted by atomic mass is 35.5. The Kier molecular flexibility index (Phi) is 5.63. The average Bonchev–Trinajstić information content (AvgIpc) is 2.59. The zero-order valence-corrected chi connectivity index (χ0v) is 14.6. The predicted molar refractivity (Wildman–Crippen MR) is 97.8 cm³/mol. The van der Waals surface area contributed by atoms with Crippen molar-refractivity contribution < 1.29 is 4.79 Å². The summed E-state index contributed by atoms with van der Waals surface area (Å²) in [4.78, 5) is 14.4. The maximum atomic E-state index is 12.4. The number of carbonyl (C=O) groups is 1. The third-order valence-electron chi connectivity index (χ3n) is 4.16. The first kappa shape index (κ1) is 16.4. The summed E-state index contributed by atoms with van der Waals surface area (Å²) >= 11 is 7.91. The number of carbonyl (C=O) groups excluding carboxylic acids is 1. The van der Waals surface area contributed by atoms with Gasteiger partial charge in [-0.3, -0.25) is 4.79 Å². The van der Waals surface area contributed by atoms with E-state index in [1.807, 2.05) is 35.2 Å². The van der Waals surface area contributed by atoms with E-state index in [9.17, 15) is 4.79 Å². The normalized spacial score (nSPS) is 13.7. The maximum absolute atomic E-state index is 12.4. The van der Waals surface area contributed by atoms with E-state index in [1.54, 1.807) is 11.8 Å². The molecular formula is C19H20ClNOS. The van der Waals surface area contributed by atoms with Crippen LogP contribution in [0.25, 0.3) is 0 Å². The van der Waals surface area contributed by atoms with E-state index in [0.29, 0.717) is 6.42 Å². The number of hydrogen-bond acceptors (Lipinski definition) is 2. The van der Waals surface area contributed by atoms with Crippen molar-refractivity contribution >= 4 is 29.3 Å². The van der Waals surface area contributed by atoms with Crippen molar-refractivity contribution in [3.8, 4) is 0 Å². The predicted octanol–water partition coefficient (Wildman–Crippen LogP) is 4.55. The molecule has 2 aromatic carbocycles. The second-order valence-corrected chi connectivity index (χ2v) is 7.24. The highest BCUT2D eigenvalue weighted by Gasteiger charge is 2.19. The number of fused-ring (bicyclic) bond motifs is 1. The molecule has 0 atom stereocenters. The summed E-state index contributed by atoms with van der Waals surface area (Å²) in [7, 11) is 0. The molecule has 120 valence electrons. The Morgan fingerprint density at radius 2 is 1.83 bits per heavy atom. The third-order valence-corrected chi connectivity index (χ3v) is 5.54. The number of thioether (sulfide) groups is 1. The number of amides is 1. The van der Waals surface area contributed by atoms with Gasteiger partial charge in [-0.2, -0.15) is 11.8 Å². The molecule has 0 fully saturated rings. The molecule has 3 rings (SSSR count). The van der Waals surface area contributed by atoms with Gasteiger partial charge < -0.3 is 4.90 Å². The van der Waals surface area contributed by atoms with E-state index in [0.717, 1.165) is 41.6 Å². The molecule has 0 N–H and O–H groups in total. The van der Waals surface area contributed by atoms with Crippen molar-refractivity contribution in [1.29, 1.82) is 0 Å². The van der Waals surface area contributed by atoms with Gasteiger partial charge in [-0.05, 0) is 29.2 Å². The summed E-state index contributed by atoms with van der Waals surface area (Å²) < 4.78 is 0. The van der Waals surface area contributed by atoms with Gasteiger partial charge in [0.05, 0.1) is 0 Å². The fourth-order valence-electron chi connectivity index (χ4n) is 2.82. The van der Waals surface area contributed by atoms with Gasteiger partial charge in [-0.15, -0.1) is 0 Å². The SMILES string of the molecule is O=C(CCSCc1ccccc1Cl)N1CCc2ccccc2C1. The van der Waals surface area contributed by atoms with Gasteiger partial charge in [0.1, 0.15) is 0 Å². The second-order valence-electron chi connectivity index (χ2n) is 5.73. The van der Waals surface area contributed by atoms with Crippen LogP contribution in [0.15, 0.2) is 48.5 Å². The van der Waals surface area contributed by atoms with E-state index in [-0.39, 0.29) is 5.91 Å². The lowest BCUT2D eigenvalue weighted by Crippen LogP contribution is -2.36. The molecule has 23 heavy (non-hydrogen) atoms. The molecule has 0 saturated carbocycles. The van der Waals surface area contributed by atoms with Crippen LogP contribution >= 0.6 is 23.4 Å². The molecule has 1 aliphatic rings. The lowest BCUT2D eigenvalue weighted by atomic mass is 10.00. The van der Waals surface area contributed by atoms with Crippen LogP contribution in [0.4, 0.5) is 0 Å². The fraction of sp³-hybridized carbons (Fsp3) is 0.316. The summed E-state index contributed by atoms with van der Waals surface area (Å²) in [6.45, 7) is 1.59. The summed E-state index contributed by atoms with van der Waals surface area (Å²) in [5.41, 5.74) is 3.80. The molecular weight excluding hydrogens is 326 g/mol. The van der Waals surface area contributed by atoms with E-state index in [2.05, 4.69) is 18.2 Å². The van der Waals surface area contributed by atoms with Crippen LogP contribution < -0.4 is 0 Å². The van der Waals surface area contributed by atoms with Crippen LogP contribution in [-0.2, 0) is 23.5 Å². The molecule has 1 aliphatic heterocycles. The summed E-state index contributed by atoms with van der Waals surface area (Å²) in [6.07, 6.45) is 1.56. The number of benzene rings is 2. The molecule has 1 heterocycles. The van der Waals surface area contributed by atoms with E-state index in [4.69, 9.17) is 11.6 Å². The van der Waals surface area contributed by atoms with Crippen LogP contribution in [0.2, 0.25) is 5.02 Å². The average molecular weight is 346 g/mol. The quantitative estimate of drug-likeness (QED) is 0.741. The first-order valence-corrected chi connectivity index (χ1v) is 9.43. The molecule has 0 saturated heterocycles. The minimum atomic E-state index is 0.256. The second kappa shape index (κ2) is 7.89. The third kappa shape index (κ3) is 4.30. The Morgan fingerprint density at radius 3 is 2.65 bits per heavy atom. The van der Waals surface area contributed by atoms with Crippen molar-refractivity contribution in [2.24, 2.45) is 0 Å². The van der Waals surface area contributed by atoms with Crippen molar-refractivity contribution in [2.45, 2.75) is 25.1 Å². The molecule has 2 nitrogen and oxygen atoms in total. The van der Waals surface area contributed by atoms with Crippen LogP contribution in [0.3, 0.4) is 0 Å². The highest BCUT2D eigenvalue weighted by molar-refractivity contribution is 7.98. The molecule has 0 unspecified atom stereocenters. The first-order valence-electron chi connectivity index (χ1n) is 7.90. The molecule has 0 aromatic heterocycles. The van der Waals surface area contributed by atoms with Crippen LogP contribution in [0.5, 0.6) is 0 Å². The van der Waals surface area contributed by atoms with E-state index < -0.39 is 0 Å². The minimum absolute atomic E-state index is 0.256. The zero-order valence-electron chi connectivity index (χ0n) is 13.0. The first-order chi connectivity index (χ1) is 11.2. The van der Waals surface area contributed by atoms with Crippen molar-refractivity contribution in [2.75, 3.05) is 12.3 Å². The number of nitrogens with zero attached hydrogens (tertiary/aromatic N) is 1. The van der Waals surface area contributed by atoms with Crippen molar-refractivity contribution in [3.63, 3.8) is 0 Å². The summed E-state index contributed by atoms with van der Waals surface area (Å²) in [5.74, 6) is 1.95. The Balaban J connectivity index is 1.45. The van der Waals surface area contributed by atoms with Gasteiger partial charge in [0.15, 0.2) is 0 Å². The molecule has 0 aliphatic carbocycles. The minimum Gasteiger partial charge on any atom is -0.338 e. The van der Waals surface area contributed by atoms with Gasteiger partial charge in [-0.1, -0.05) is 54.1 Å². The molecule has 2 aromatic rings. The lowest BCUT2D eigenvalue weighted by Gasteiger charge is -2.29. The highest BCUT2D eigenvalue weighted by Crippen LogP contribution is 2.22. The lowest BCUT2D eigenvalue weighted by molar-refractivity contribution is -0.131. The Hall–Kier alpha value is -1.45. The van der Waals surface area contributed by atoms with E-state index in [1.165, 1.54) is 11.1 Å². The van der Waals surface area contributed by atoms with Gasteiger partial charge in [0.25, 0.3) is 0 Å².